The van der Waals surface area contributed by atoms with E-state index in [1.807, 2.05) is 42.5 Å². The first-order chi connectivity index (χ1) is 10.3. The van der Waals surface area contributed by atoms with Gasteiger partial charge in [0.05, 0.1) is 11.3 Å². The maximum atomic E-state index is 10.4. The Bertz CT molecular complexity index is 910. The van der Waals surface area contributed by atoms with Crippen LogP contribution in [0.1, 0.15) is 0 Å². The van der Waals surface area contributed by atoms with E-state index in [0.29, 0.717) is 17.3 Å². The van der Waals surface area contributed by atoms with Gasteiger partial charge in [-0.25, -0.2) is 0 Å². The van der Waals surface area contributed by atoms with Crippen molar-refractivity contribution in [2.24, 2.45) is 0 Å². The average Bonchev–Trinajstić information content (AvgIpc) is 3.19. The minimum atomic E-state index is 0.148. The van der Waals surface area contributed by atoms with Crippen LogP contribution in [0.25, 0.3) is 33.7 Å². The lowest BCUT2D eigenvalue weighted by Gasteiger charge is -2.04. The van der Waals surface area contributed by atoms with E-state index in [4.69, 9.17) is 4.52 Å². The topological polar surface area (TPSA) is 74.9 Å². The number of rotatable bonds is 2. The second-order valence-corrected chi connectivity index (χ2v) is 4.69. The van der Waals surface area contributed by atoms with E-state index < -0.39 is 0 Å². The molecule has 0 aliphatic rings. The largest absolute Gasteiger partial charge is 0.506 e. The molecule has 0 spiro atoms. The summed E-state index contributed by atoms with van der Waals surface area (Å²) < 4.78 is 5.26. The second kappa shape index (κ2) is 4.49. The first kappa shape index (κ1) is 11.7. The summed E-state index contributed by atoms with van der Waals surface area (Å²) >= 11 is 0. The summed E-state index contributed by atoms with van der Waals surface area (Å²) in [6.45, 7) is 0. The molecule has 5 heteroatoms. The third-order valence-electron chi connectivity index (χ3n) is 3.40. The van der Waals surface area contributed by atoms with Gasteiger partial charge >= 0.3 is 0 Å². The molecule has 0 amide bonds. The highest BCUT2D eigenvalue weighted by atomic mass is 16.5. The van der Waals surface area contributed by atoms with Crippen molar-refractivity contribution in [3.05, 3.63) is 54.7 Å². The minimum absolute atomic E-state index is 0.148. The zero-order valence-electron chi connectivity index (χ0n) is 10.9. The molecule has 0 saturated carbocycles. The normalized spacial score (nSPS) is 11.0. The Morgan fingerprint density at radius 1 is 1.00 bits per heavy atom. The van der Waals surface area contributed by atoms with Crippen molar-refractivity contribution in [3.63, 3.8) is 0 Å². The number of hydrogen-bond donors (Lipinski definition) is 2. The van der Waals surface area contributed by atoms with Crippen LogP contribution in [0.3, 0.4) is 0 Å². The predicted octanol–water partition coefficient (Wildman–Crippen LogP) is 3.59. The van der Waals surface area contributed by atoms with Crippen molar-refractivity contribution in [2.45, 2.75) is 0 Å². The molecule has 0 radical (unpaired) electrons. The molecule has 2 heterocycles. The van der Waals surface area contributed by atoms with Crippen molar-refractivity contribution in [1.82, 2.24) is 15.1 Å². The molecule has 2 N–H and O–H groups in total. The van der Waals surface area contributed by atoms with E-state index in [1.165, 1.54) is 0 Å². The van der Waals surface area contributed by atoms with Gasteiger partial charge in [0.15, 0.2) is 0 Å². The zero-order valence-corrected chi connectivity index (χ0v) is 10.9. The van der Waals surface area contributed by atoms with E-state index in [1.54, 1.807) is 12.3 Å². The maximum Gasteiger partial charge on any atom is 0.262 e. The molecule has 21 heavy (non-hydrogen) atoms. The number of aromatic amines is 1. The molecule has 0 unspecified atom stereocenters. The van der Waals surface area contributed by atoms with Gasteiger partial charge < -0.3 is 14.6 Å². The number of aromatic nitrogens is 3. The fraction of sp³-hybridized carbons (Fsp3) is 0. The van der Waals surface area contributed by atoms with E-state index in [0.717, 1.165) is 16.5 Å². The van der Waals surface area contributed by atoms with Crippen molar-refractivity contribution in [1.29, 1.82) is 0 Å². The lowest BCUT2D eigenvalue weighted by Crippen LogP contribution is -1.83. The number of aromatic hydroxyl groups is 1. The van der Waals surface area contributed by atoms with Crippen molar-refractivity contribution < 1.29 is 9.63 Å². The van der Waals surface area contributed by atoms with Crippen molar-refractivity contribution in [2.75, 3.05) is 0 Å². The highest BCUT2D eigenvalue weighted by Gasteiger charge is 2.16. The van der Waals surface area contributed by atoms with Crippen LogP contribution in [0, 0.1) is 0 Å². The summed E-state index contributed by atoms with van der Waals surface area (Å²) in [6.07, 6.45) is 1.79. The maximum absolute atomic E-state index is 10.4. The summed E-state index contributed by atoms with van der Waals surface area (Å²) in [6, 6.07) is 15.0. The third kappa shape index (κ3) is 1.87. The van der Waals surface area contributed by atoms with Crippen LogP contribution in [-0.4, -0.2) is 20.2 Å². The summed E-state index contributed by atoms with van der Waals surface area (Å²) in [5, 5.41) is 16.1. The van der Waals surface area contributed by atoms with Gasteiger partial charge in [0, 0.05) is 11.6 Å². The van der Waals surface area contributed by atoms with E-state index >= 15 is 0 Å². The molecule has 4 rings (SSSR count). The quantitative estimate of drug-likeness (QED) is 0.587. The van der Waals surface area contributed by atoms with Gasteiger partial charge in [-0.15, -0.1) is 0 Å². The first-order valence-electron chi connectivity index (χ1n) is 6.51. The lowest BCUT2D eigenvalue weighted by atomic mass is 10.1. The molecule has 2 aromatic heterocycles. The van der Waals surface area contributed by atoms with Gasteiger partial charge in [0.2, 0.25) is 5.82 Å². The SMILES string of the molecule is Oc1c(-c2nc(-c3ccc[nH]3)no2)ccc2ccccc12. The Balaban J connectivity index is 1.85. The molecule has 0 fully saturated rings. The Morgan fingerprint density at radius 2 is 1.90 bits per heavy atom. The van der Waals surface area contributed by atoms with Crippen molar-refractivity contribution in [3.8, 4) is 28.7 Å². The molecule has 0 aliphatic carbocycles. The molecule has 0 saturated heterocycles. The standard InChI is InChI=1S/C16H11N3O2/c20-14-11-5-2-1-4-10(11)7-8-12(14)16-18-15(19-21-16)13-6-3-9-17-13/h1-9,17,20H. The smallest absolute Gasteiger partial charge is 0.262 e. The summed E-state index contributed by atoms with van der Waals surface area (Å²) in [4.78, 5) is 7.34. The average molecular weight is 277 g/mol. The number of H-pyrrole nitrogens is 1. The number of fused-ring (bicyclic) bond motifs is 1. The number of phenolic OH excluding ortho intramolecular Hbond substituents is 1. The van der Waals surface area contributed by atoms with E-state index in [9.17, 15) is 5.11 Å². The number of hydrogen-bond acceptors (Lipinski definition) is 4. The summed E-state index contributed by atoms with van der Waals surface area (Å²) in [5.41, 5.74) is 1.30. The fourth-order valence-electron chi connectivity index (χ4n) is 2.34. The second-order valence-electron chi connectivity index (χ2n) is 4.69. The number of benzene rings is 2. The molecule has 0 bridgehead atoms. The third-order valence-corrected chi connectivity index (χ3v) is 3.40. The molecule has 4 aromatic rings. The van der Waals surface area contributed by atoms with Crippen LogP contribution in [0.4, 0.5) is 0 Å². The molecule has 2 aromatic carbocycles. The Morgan fingerprint density at radius 3 is 2.76 bits per heavy atom. The number of phenols is 1. The molecular formula is C16H11N3O2. The highest BCUT2D eigenvalue weighted by Crippen LogP contribution is 2.35. The molecule has 0 atom stereocenters. The minimum Gasteiger partial charge on any atom is -0.506 e. The molecule has 102 valence electrons. The summed E-state index contributed by atoms with van der Waals surface area (Å²) in [5.74, 6) is 0.903. The first-order valence-corrected chi connectivity index (χ1v) is 6.51. The Labute approximate surface area is 119 Å². The zero-order chi connectivity index (χ0) is 14.2. The van der Waals surface area contributed by atoms with Gasteiger partial charge in [-0.2, -0.15) is 4.98 Å². The van der Waals surface area contributed by atoms with Crippen LogP contribution in [-0.2, 0) is 0 Å². The Hall–Kier alpha value is -3.08. The summed E-state index contributed by atoms with van der Waals surface area (Å²) in [7, 11) is 0. The van der Waals surface area contributed by atoms with E-state index in [-0.39, 0.29) is 5.75 Å². The van der Waals surface area contributed by atoms with Crippen LogP contribution in [0.15, 0.2) is 59.3 Å². The fourth-order valence-corrected chi connectivity index (χ4v) is 2.34. The van der Waals surface area contributed by atoms with Gasteiger partial charge in [0.25, 0.3) is 5.89 Å². The van der Waals surface area contributed by atoms with Gasteiger partial charge in [-0.1, -0.05) is 35.5 Å². The molecule has 5 nitrogen and oxygen atoms in total. The van der Waals surface area contributed by atoms with E-state index in [2.05, 4.69) is 15.1 Å². The predicted molar refractivity (Wildman–Crippen MR) is 78.7 cm³/mol. The van der Waals surface area contributed by atoms with Crippen LogP contribution < -0.4 is 0 Å². The van der Waals surface area contributed by atoms with Crippen LogP contribution in [0.5, 0.6) is 5.75 Å². The van der Waals surface area contributed by atoms with Crippen molar-refractivity contribution >= 4 is 10.8 Å². The van der Waals surface area contributed by atoms with Crippen LogP contribution >= 0.6 is 0 Å². The van der Waals surface area contributed by atoms with Gasteiger partial charge in [-0.3, -0.25) is 0 Å². The number of nitrogens with zero attached hydrogens (tertiary/aromatic N) is 2. The Kier molecular flexibility index (Phi) is 2.50. The lowest BCUT2D eigenvalue weighted by molar-refractivity contribution is 0.426. The number of nitrogens with one attached hydrogen (secondary N) is 1. The monoisotopic (exact) mass is 277 g/mol. The molecular weight excluding hydrogens is 266 g/mol. The van der Waals surface area contributed by atoms with Crippen LogP contribution in [0.2, 0.25) is 0 Å². The van der Waals surface area contributed by atoms with Gasteiger partial charge in [0.1, 0.15) is 5.75 Å². The highest BCUT2D eigenvalue weighted by molar-refractivity contribution is 5.93. The van der Waals surface area contributed by atoms with Gasteiger partial charge in [-0.05, 0) is 23.6 Å². The molecule has 0 aliphatic heterocycles.